The molecule has 2 aromatic carbocycles. The number of nitrogens with zero attached hydrogens (tertiary/aromatic N) is 1. The third-order valence-corrected chi connectivity index (χ3v) is 4.93. The molecule has 4 nitrogen and oxygen atoms in total. The van der Waals surface area contributed by atoms with Gasteiger partial charge in [-0.25, -0.2) is 4.98 Å². The van der Waals surface area contributed by atoms with Crippen LogP contribution in [0.2, 0.25) is 0 Å². The number of nitrogens with one attached hydrogen (secondary N) is 1. The first-order valence-corrected chi connectivity index (χ1v) is 9.04. The van der Waals surface area contributed by atoms with Gasteiger partial charge in [0.1, 0.15) is 5.52 Å². The molecule has 130 valence electrons. The summed E-state index contributed by atoms with van der Waals surface area (Å²) in [6, 6.07) is 18.8. The highest BCUT2D eigenvalue weighted by Gasteiger charge is 2.24. The van der Waals surface area contributed by atoms with Crippen molar-refractivity contribution in [1.29, 1.82) is 0 Å². The van der Waals surface area contributed by atoms with Gasteiger partial charge in [0.15, 0.2) is 5.58 Å². The summed E-state index contributed by atoms with van der Waals surface area (Å²) in [5.74, 6) is 1.35. The zero-order valence-corrected chi connectivity index (χ0v) is 14.5. The van der Waals surface area contributed by atoms with Crippen LogP contribution >= 0.6 is 0 Å². The van der Waals surface area contributed by atoms with Gasteiger partial charge in [0.2, 0.25) is 5.89 Å². The normalized spacial score (nSPS) is 20.0. The summed E-state index contributed by atoms with van der Waals surface area (Å²) < 4.78 is 11.5. The maximum Gasteiger partial charge on any atom is 0.212 e. The second kappa shape index (κ2) is 7.38. The fraction of sp³-hybridized carbons (Fsp3) is 0.381. The van der Waals surface area contributed by atoms with Crippen molar-refractivity contribution in [2.75, 3.05) is 13.2 Å². The Morgan fingerprint density at radius 3 is 2.68 bits per heavy atom. The maximum absolute atomic E-state index is 5.94. The summed E-state index contributed by atoms with van der Waals surface area (Å²) in [5, 5.41) is 3.73. The molecule has 0 spiro atoms. The first kappa shape index (κ1) is 16.3. The van der Waals surface area contributed by atoms with Crippen LogP contribution in [0.1, 0.15) is 43.3 Å². The van der Waals surface area contributed by atoms with E-state index in [0.717, 1.165) is 43.0 Å². The minimum absolute atomic E-state index is 0.0416. The van der Waals surface area contributed by atoms with Gasteiger partial charge in [-0.2, -0.15) is 0 Å². The monoisotopic (exact) mass is 336 g/mol. The van der Waals surface area contributed by atoms with Crippen LogP contribution in [0.4, 0.5) is 0 Å². The second-order valence-corrected chi connectivity index (χ2v) is 6.84. The van der Waals surface area contributed by atoms with Crippen LogP contribution in [-0.2, 0) is 4.74 Å². The summed E-state index contributed by atoms with van der Waals surface area (Å²) in [6.45, 7) is 3.86. The van der Waals surface area contributed by atoms with Crippen molar-refractivity contribution in [1.82, 2.24) is 10.3 Å². The van der Waals surface area contributed by atoms with E-state index in [2.05, 4.69) is 47.6 Å². The van der Waals surface area contributed by atoms with Gasteiger partial charge in [-0.15, -0.1) is 0 Å². The molecular formula is C21H24N2O2. The Kier molecular flexibility index (Phi) is 4.81. The first-order chi connectivity index (χ1) is 12.3. The van der Waals surface area contributed by atoms with Crippen LogP contribution in [0.25, 0.3) is 11.1 Å². The lowest BCUT2D eigenvalue weighted by Crippen LogP contribution is -2.27. The summed E-state index contributed by atoms with van der Waals surface area (Å²) in [5.41, 5.74) is 3.05. The van der Waals surface area contributed by atoms with E-state index in [1.807, 2.05) is 24.3 Å². The van der Waals surface area contributed by atoms with Gasteiger partial charge in [0.05, 0.1) is 6.04 Å². The van der Waals surface area contributed by atoms with Crippen molar-refractivity contribution in [2.45, 2.75) is 31.8 Å². The lowest BCUT2D eigenvalue weighted by atomic mass is 9.93. The fourth-order valence-electron chi connectivity index (χ4n) is 3.54. The summed E-state index contributed by atoms with van der Waals surface area (Å²) >= 11 is 0. The Bertz CT molecular complexity index is 776. The predicted octanol–water partition coefficient (Wildman–Crippen LogP) is 4.65. The number of hydrogen-bond donors (Lipinski definition) is 1. The lowest BCUT2D eigenvalue weighted by Gasteiger charge is -2.24. The van der Waals surface area contributed by atoms with Gasteiger partial charge < -0.3 is 9.15 Å². The van der Waals surface area contributed by atoms with Crippen molar-refractivity contribution in [2.24, 2.45) is 5.92 Å². The van der Waals surface area contributed by atoms with Crippen LogP contribution in [-0.4, -0.2) is 18.2 Å². The Morgan fingerprint density at radius 2 is 1.92 bits per heavy atom. The fourth-order valence-corrected chi connectivity index (χ4v) is 3.54. The number of rotatable bonds is 6. The Hall–Kier alpha value is -2.17. The summed E-state index contributed by atoms with van der Waals surface area (Å²) in [6.07, 6.45) is 2.21. The smallest absolute Gasteiger partial charge is 0.212 e. The molecule has 25 heavy (non-hydrogen) atoms. The van der Waals surface area contributed by atoms with Crippen LogP contribution in [0.3, 0.4) is 0 Å². The molecule has 3 aromatic rings. The van der Waals surface area contributed by atoms with Gasteiger partial charge >= 0.3 is 0 Å². The van der Waals surface area contributed by atoms with E-state index in [9.17, 15) is 0 Å². The van der Waals surface area contributed by atoms with Gasteiger partial charge in [0.25, 0.3) is 0 Å². The van der Waals surface area contributed by atoms with E-state index in [0.29, 0.717) is 5.92 Å². The van der Waals surface area contributed by atoms with Crippen LogP contribution in [0, 0.1) is 5.92 Å². The molecule has 1 aromatic heterocycles. The number of benzene rings is 2. The molecule has 4 rings (SSSR count). The molecule has 0 saturated carbocycles. The van der Waals surface area contributed by atoms with Crippen molar-refractivity contribution >= 4 is 11.1 Å². The molecule has 3 atom stereocenters. The molecule has 0 radical (unpaired) electrons. The SMILES string of the molecule is C[C@H](N[C@@H](C[C@H]1CCOC1)c1ccccc1)c1nc2ccccc2o1. The molecule has 1 N–H and O–H groups in total. The van der Waals surface area contributed by atoms with Crippen molar-refractivity contribution in [3.63, 3.8) is 0 Å². The van der Waals surface area contributed by atoms with Gasteiger partial charge in [-0.3, -0.25) is 5.32 Å². The van der Waals surface area contributed by atoms with Crippen LogP contribution in [0.5, 0.6) is 0 Å². The first-order valence-electron chi connectivity index (χ1n) is 9.04. The molecule has 2 heterocycles. The summed E-state index contributed by atoms with van der Waals surface area (Å²) in [4.78, 5) is 4.64. The third kappa shape index (κ3) is 3.75. The van der Waals surface area contributed by atoms with Crippen molar-refractivity contribution in [3.05, 3.63) is 66.1 Å². The van der Waals surface area contributed by atoms with E-state index in [4.69, 9.17) is 9.15 Å². The molecule has 0 amide bonds. The predicted molar refractivity (Wildman–Crippen MR) is 98.3 cm³/mol. The van der Waals surface area contributed by atoms with Crippen LogP contribution < -0.4 is 5.32 Å². The molecule has 1 aliphatic rings. The Morgan fingerprint density at radius 1 is 1.12 bits per heavy atom. The lowest BCUT2D eigenvalue weighted by molar-refractivity contribution is 0.180. The molecule has 1 aliphatic heterocycles. The zero-order chi connectivity index (χ0) is 17.1. The molecule has 4 heteroatoms. The van der Waals surface area contributed by atoms with E-state index in [-0.39, 0.29) is 12.1 Å². The highest BCUT2D eigenvalue weighted by molar-refractivity contribution is 5.72. The average molecular weight is 336 g/mol. The Balaban J connectivity index is 1.54. The highest BCUT2D eigenvalue weighted by Crippen LogP contribution is 2.29. The molecule has 0 bridgehead atoms. The number of fused-ring (bicyclic) bond motifs is 1. The zero-order valence-electron chi connectivity index (χ0n) is 14.5. The summed E-state index contributed by atoms with van der Waals surface area (Å²) in [7, 11) is 0. The average Bonchev–Trinajstić information content (AvgIpc) is 3.31. The van der Waals surface area contributed by atoms with Gasteiger partial charge in [-0.05, 0) is 43.4 Å². The van der Waals surface area contributed by atoms with Gasteiger partial charge in [-0.1, -0.05) is 42.5 Å². The van der Waals surface area contributed by atoms with E-state index >= 15 is 0 Å². The maximum atomic E-state index is 5.94. The number of para-hydroxylation sites is 2. The number of ether oxygens (including phenoxy) is 1. The molecule has 1 saturated heterocycles. The number of hydrogen-bond acceptors (Lipinski definition) is 4. The number of oxazole rings is 1. The van der Waals surface area contributed by atoms with E-state index in [1.54, 1.807) is 0 Å². The third-order valence-electron chi connectivity index (χ3n) is 4.93. The second-order valence-electron chi connectivity index (χ2n) is 6.84. The van der Waals surface area contributed by atoms with Gasteiger partial charge in [0, 0.05) is 19.3 Å². The quantitative estimate of drug-likeness (QED) is 0.712. The van der Waals surface area contributed by atoms with E-state index in [1.165, 1.54) is 5.56 Å². The number of aromatic nitrogens is 1. The van der Waals surface area contributed by atoms with E-state index < -0.39 is 0 Å². The molecular weight excluding hydrogens is 312 g/mol. The van der Waals surface area contributed by atoms with Crippen molar-refractivity contribution in [3.8, 4) is 0 Å². The largest absolute Gasteiger partial charge is 0.439 e. The topological polar surface area (TPSA) is 47.3 Å². The highest BCUT2D eigenvalue weighted by atomic mass is 16.5. The standard InChI is InChI=1S/C21H24N2O2/c1-15(21-23-18-9-5-6-10-20(18)25-21)22-19(13-16-11-12-24-14-16)17-7-3-2-4-8-17/h2-10,15-16,19,22H,11-14H2,1H3/t15-,16+,19-/m0/s1. The van der Waals surface area contributed by atoms with Crippen LogP contribution in [0.15, 0.2) is 59.0 Å². The minimum atomic E-state index is 0.0416. The molecule has 0 aliphatic carbocycles. The minimum Gasteiger partial charge on any atom is -0.439 e. The molecule has 1 fully saturated rings. The van der Waals surface area contributed by atoms with Crippen molar-refractivity contribution < 1.29 is 9.15 Å². The Labute approximate surface area is 148 Å². The molecule has 0 unspecified atom stereocenters.